The van der Waals surface area contributed by atoms with Crippen LogP contribution in [0.4, 0.5) is 5.69 Å². The van der Waals surface area contributed by atoms with Crippen LogP contribution in [0, 0.1) is 5.92 Å². The van der Waals surface area contributed by atoms with Crippen molar-refractivity contribution in [3.05, 3.63) is 24.1 Å². The topological polar surface area (TPSA) is 61.3 Å². The van der Waals surface area contributed by atoms with Gasteiger partial charge in [-0.1, -0.05) is 0 Å². The van der Waals surface area contributed by atoms with Gasteiger partial charge in [-0.15, -0.1) is 0 Å². The van der Waals surface area contributed by atoms with Crippen LogP contribution in [0.3, 0.4) is 0 Å². The minimum atomic E-state index is 0.444. The molecule has 0 spiro atoms. The maximum absolute atomic E-state index is 5.72. The van der Waals surface area contributed by atoms with Crippen LogP contribution in [0.1, 0.15) is 25.7 Å². The number of hydrogen-bond donors (Lipinski definition) is 1. The van der Waals surface area contributed by atoms with E-state index >= 15 is 0 Å². The van der Waals surface area contributed by atoms with Gasteiger partial charge >= 0.3 is 0 Å². The molecule has 1 aliphatic rings. The lowest BCUT2D eigenvalue weighted by Gasteiger charge is -2.34. The standard InChI is InChI=1S/C14H18N2O2/c1-2-17-11-5-9(6-11)7-14-16-12-4-3-10(15)8-13(12)18-14/h3-4,8-9,11H,2,5-7,15H2,1H3. The maximum Gasteiger partial charge on any atom is 0.195 e. The number of rotatable bonds is 4. The molecule has 1 aliphatic carbocycles. The second-order valence-corrected chi connectivity index (χ2v) is 4.95. The third kappa shape index (κ3) is 2.20. The van der Waals surface area contributed by atoms with Gasteiger partial charge in [0.05, 0.1) is 6.10 Å². The average molecular weight is 246 g/mol. The first-order chi connectivity index (χ1) is 8.74. The number of benzene rings is 1. The van der Waals surface area contributed by atoms with Crippen molar-refractivity contribution in [3.63, 3.8) is 0 Å². The Labute approximate surface area is 106 Å². The number of hydrogen-bond acceptors (Lipinski definition) is 4. The molecule has 4 heteroatoms. The first kappa shape index (κ1) is 11.5. The average Bonchev–Trinajstić information content (AvgIpc) is 2.68. The van der Waals surface area contributed by atoms with Gasteiger partial charge < -0.3 is 14.9 Å². The normalized spacial score (nSPS) is 23.2. The van der Waals surface area contributed by atoms with Crippen molar-refractivity contribution in [3.8, 4) is 0 Å². The summed E-state index contributed by atoms with van der Waals surface area (Å²) in [6.45, 7) is 2.85. The molecule has 3 rings (SSSR count). The molecule has 2 aromatic rings. The Morgan fingerprint density at radius 1 is 1.44 bits per heavy atom. The van der Waals surface area contributed by atoms with Crippen LogP contribution in [-0.2, 0) is 11.2 Å². The van der Waals surface area contributed by atoms with Crippen LogP contribution in [0.25, 0.3) is 11.1 Å². The Morgan fingerprint density at radius 3 is 3.06 bits per heavy atom. The minimum Gasteiger partial charge on any atom is -0.441 e. The fourth-order valence-electron chi connectivity index (χ4n) is 2.54. The van der Waals surface area contributed by atoms with E-state index in [4.69, 9.17) is 14.9 Å². The summed E-state index contributed by atoms with van der Waals surface area (Å²) in [6, 6.07) is 5.58. The number of oxazole rings is 1. The summed E-state index contributed by atoms with van der Waals surface area (Å²) < 4.78 is 11.3. The number of nitrogens with two attached hydrogens (primary N) is 1. The predicted octanol–water partition coefficient (Wildman–Crippen LogP) is 2.77. The zero-order valence-electron chi connectivity index (χ0n) is 10.6. The number of aromatic nitrogens is 1. The fraction of sp³-hybridized carbons (Fsp3) is 0.500. The summed E-state index contributed by atoms with van der Waals surface area (Å²) >= 11 is 0. The molecule has 1 aromatic carbocycles. The molecule has 0 saturated heterocycles. The maximum atomic E-state index is 5.72. The van der Waals surface area contributed by atoms with Gasteiger partial charge in [0.15, 0.2) is 11.5 Å². The molecule has 96 valence electrons. The van der Waals surface area contributed by atoms with Crippen LogP contribution >= 0.6 is 0 Å². The van der Waals surface area contributed by atoms with Gasteiger partial charge in [0.2, 0.25) is 0 Å². The quantitative estimate of drug-likeness (QED) is 0.843. The molecule has 1 aromatic heterocycles. The van der Waals surface area contributed by atoms with Crippen LogP contribution < -0.4 is 5.73 Å². The smallest absolute Gasteiger partial charge is 0.195 e. The molecular formula is C14H18N2O2. The summed E-state index contributed by atoms with van der Waals surface area (Å²) in [5.74, 6) is 1.46. The SMILES string of the molecule is CCOC1CC(Cc2nc3ccc(N)cc3o2)C1. The monoisotopic (exact) mass is 246 g/mol. The lowest BCUT2D eigenvalue weighted by molar-refractivity contribution is -0.0254. The van der Waals surface area contributed by atoms with Crippen molar-refractivity contribution in [2.75, 3.05) is 12.3 Å². The number of nitrogens with zero attached hydrogens (tertiary/aromatic N) is 1. The minimum absolute atomic E-state index is 0.444. The zero-order chi connectivity index (χ0) is 12.5. The largest absolute Gasteiger partial charge is 0.441 e. The molecule has 18 heavy (non-hydrogen) atoms. The highest BCUT2D eigenvalue weighted by molar-refractivity contribution is 5.76. The van der Waals surface area contributed by atoms with Gasteiger partial charge in [0.1, 0.15) is 5.52 Å². The molecule has 0 amide bonds. The molecule has 1 saturated carbocycles. The van der Waals surface area contributed by atoms with E-state index in [0.717, 1.165) is 42.9 Å². The highest BCUT2D eigenvalue weighted by atomic mass is 16.5. The Kier molecular flexibility index (Phi) is 2.96. The highest BCUT2D eigenvalue weighted by Gasteiger charge is 2.30. The van der Waals surface area contributed by atoms with Crippen LogP contribution in [-0.4, -0.2) is 17.7 Å². The van der Waals surface area contributed by atoms with Gasteiger partial charge in [-0.25, -0.2) is 4.98 Å². The van der Waals surface area contributed by atoms with Crippen LogP contribution in [0.2, 0.25) is 0 Å². The number of nitrogen functional groups attached to an aromatic ring is 1. The molecule has 0 bridgehead atoms. The van der Waals surface area contributed by atoms with Crippen molar-refractivity contribution < 1.29 is 9.15 Å². The van der Waals surface area contributed by atoms with Gasteiger partial charge in [-0.2, -0.15) is 0 Å². The third-order valence-corrected chi connectivity index (χ3v) is 3.51. The van der Waals surface area contributed by atoms with Gasteiger partial charge in [0, 0.05) is 24.8 Å². The van der Waals surface area contributed by atoms with E-state index in [0.29, 0.717) is 17.7 Å². The molecule has 1 fully saturated rings. The zero-order valence-corrected chi connectivity index (χ0v) is 10.6. The van der Waals surface area contributed by atoms with Crippen LogP contribution in [0.5, 0.6) is 0 Å². The van der Waals surface area contributed by atoms with Gasteiger partial charge in [0.25, 0.3) is 0 Å². The number of anilines is 1. The molecule has 0 atom stereocenters. The van der Waals surface area contributed by atoms with Crippen molar-refractivity contribution in [2.24, 2.45) is 5.92 Å². The summed E-state index contributed by atoms with van der Waals surface area (Å²) in [6.07, 6.45) is 3.58. The first-order valence-electron chi connectivity index (χ1n) is 6.51. The first-order valence-corrected chi connectivity index (χ1v) is 6.51. The summed E-state index contributed by atoms with van der Waals surface area (Å²) in [5, 5.41) is 0. The van der Waals surface area contributed by atoms with Gasteiger partial charge in [-0.3, -0.25) is 0 Å². The Bertz CT molecular complexity index is 544. The number of fused-ring (bicyclic) bond motifs is 1. The van der Waals surface area contributed by atoms with Crippen molar-refractivity contribution in [1.82, 2.24) is 4.98 Å². The Balaban J connectivity index is 1.65. The van der Waals surface area contributed by atoms with Crippen molar-refractivity contribution >= 4 is 16.8 Å². The van der Waals surface area contributed by atoms with Crippen LogP contribution in [0.15, 0.2) is 22.6 Å². The molecule has 0 unspecified atom stereocenters. The summed E-state index contributed by atoms with van der Waals surface area (Å²) in [5.41, 5.74) is 8.10. The van der Waals surface area contributed by atoms with E-state index < -0.39 is 0 Å². The van der Waals surface area contributed by atoms with E-state index in [2.05, 4.69) is 4.98 Å². The summed E-state index contributed by atoms with van der Waals surface area (Å²) in [7, 11) is 0. The molecule has 4 nitrogen and oxygen atoms in total. The highest BCUT2D eigenvalue weighted by Crippen LogP contribution is 2.33. The second-order valence-electron chi connectivity index (χ2n) is 4.95. The van der Waals surface area contributed by atoms with E-state index in [9.17, 15) is 0 Å². The third-order valence-electron chi connectivity index (χ3n) is 3.51. The molecular weight excluding hydrogens is 228 g/mol. The lowest BCUT2D eigenvalue weighted by atomic mass is 9.80. The second kappa shape index (κ2) is 4.61. The molecule has 0 aliphatic heterocycles. The Morgan fingerprint density at radius 2 is 2.28 bits per heavy atom. The van der Waals surface area contributed by atoms with E-state index in [1.165, 1.54) is 0 Å². The lowest BCUT2D eigenvalue weighted by Crippen LogP contribution is -2.32. The fourth-order valence-corrected chi connectivity index (χ4v) is 2.54. The van der Waals surface area contributed by atoms with E-state index in [1.807, 2.05) is 25.1 Å². The van der Waals surface area contributed by atoms with Crippen molar-refractivity contribution in [2.45, 2.75) is 32.3 Å². The van der Waals surface area contributed by atoms with E-state index in [1.54, 1.807) is 0 Å². The summed E-state index contributed by atoms with van der Waals surface area (Å²) in [4.78, 5) is 4.48. The molecule has 0 radical (unpaired) electrons. The predicted molar refractivity (Wildman–Crippen MR) is 70.3 cm³/mol. The molecule has 2 N–H and O–H groups in total. The molecule has 1 heterocycles. The van der Waals surface area contributed by atoms with E-state index in [-0.39, 0.29) is 0 Å². The number of ether oxygens (including phenoxy) is 1. The Hall–Kier alpha value is -1.55. The van der Waals surface area contributed by atoms with Crippen molar-refractivity contribution in [1.29, 1.82) is 0 Å². The van der Waals surface area contributed by atoms with Gasteiger partial charge in [-0.05, 0) is 37.8 Å².